The Morgan fingerprint density at radius 3 is 2.97 bits per heavy atom. The lowest BCUT2D eigenvalue weighted by Crippen LogP contribution is -2.43. The summed E-state index contributed by atoms with van der Waals surface area (Å²) >= 11 is 7.76. The lowest BCUT2D eigenvalue weighted by Gasteiger charge is -2.29. The van der Waals surface area contributed by atoms with E-state index in [4.69, 9.17) is 16.3 Å². The van der Waals surface area contributed by atoms with Gasteiger partial charge in [0.15, 0.2) is 6.61 Å². The van der Waals surface area contributed by atoms with E-state index >= 15 is 0 Å². The van der Waals surface area contributed by atoms with Crippen LogP contribution in [0.25, 0.3) is 11.3 Å². The maximum absolute atomic E-state index is 12.7. The number of halogens is 1. The molecule has 1 aliphatic rings. The monoisotopic (exact) mass is 455 g/mol. The van der Waals surface area contributed by atoms with Crippen LogP contribution in [0.15, 0.2) is 41.8 Å². The first-order valence-electron chi connectivity index (χ1n) is 10.0. The molecule has 0 saturated carbocycles. The molecule has 160 valence electrons. The van der Waals surface area contributed by atoms with Gasteiger partial charge in [0, 0.05) is 21.7 Å². The summed E-state index contributed by atoms with van der Waals surface area (Å²) in [7, 11) is 0. The summed E-state index contributed by atoms with van der Waals surface area (Å²) in [5.74, 6) is -0.0116. The van der Waals surface area contributed by atoms with Crippen LogP contribution in [0.3, 0.4) is 0 Å². The number of rotatable bonds is 6. The number of fused-ring (bicyclic) bond motifs is 1. The smallest absolute Gasteiger partial charge is 0.265 e. The summed E-state index contributed by atoms with van der Waals surface area (Å²) in [6, 6.07) is 10.9. The highest BCUT2D eigenvalue weighted by Gasteiger charge is 2.28. The number of benzene rings is 2. The molecule has 0 aliphatic carbocycles. The molecule has 31 heavy (non-hydrogen) atoms. The molecular weight excluding hydrogens is 434 g/mol. The summed E-state index contributed by atoms with van der Waals surface area (Å²) in [6.45, 7) is 3.73. The van der Waals surface area contributed by atoms with E-state index in [1.165, 1.54) is 4.90 Å². The van der Waals surface area contributed by atoms with Gasteiger partial charge in [-0.2, -0.15) is 0 Å². The molecule has 2 heterocycles. The minimum atomic E-state index is -0.309. The van der Waals surface area contributed by atoms with Crippen LogP contribution in [0.4, 0.5) is 11.4 Å². The van der Waals surface area contributed by atoms with Crippen LogP contribution in [0.5, 0.6) is 5.75 Å². The fraction of sp³-hybridized carbons (Fsp3) is 0.261. The van der Waals surface area contributed by atoms with Crippen molar-refractivity contribution in [3.63, 3.8) is 0 Å². The second-order valence-electron chi connectivity index (χ2n) is 7.29. The molecule has 0 atom stereocenters. The lowest BCUT2D eigenvalue weighted by atomic mass is 10.1. The molecule has 1 aromatic heterocycles. The van der Waals surface area contributed by atoms with E-state index in [2.05, 4.69) is 17.2 Å². The number of ether oxygens (including phenoxy) is 1. The predicted octanol–water partition coefficient (Wildman–Crippen LogP) is 5.09. The van der Waals surface area contributed by atoms with Crippen LogP contribution in [0, 0.1) is 6.92 Å². The molecule has 0 bridgehead atoms. The molecule has 0 unspecified atom stereocenters. The molecule has 1 aliphatic heterocycles. The number of hydrogen-bond donors (Lipinski definition) is 1. The normalized spacial score (nSPS) is 13.0. The van der Waals surface area contributed by atoms with Gasteiger partial charge < -0.3 is 10.1 Å². The van der Waals surface area contributed by atoms with Gasteiger partial charge in [0.25, 0.3) is 5.91 Å². The van der Waals surface area contributed by atoms with E-state index in [0.29, 0.717) is 22.1 Å². The first-order valence-corrected chi connectivity index (χ1v) is 11.3. The fourth-order valence-corrected chi connectivity index (χ4v) is 4.47. The number of amides is 2. The van der Waals surface area contributed by atoms with Crippen molar-refractivity contribution in [3.05, 3.63) is 57.4 Å². The lowest BCUT2D eigenvalue weighted by molar-refractivity contribution is -0.123. The van der Waals surface area contributed by atoms with Crippen molar-refractivity contribution < 1.29 is 14.3 Å². The van der Waals surface area contributed by atoms with Gasteiger partial charge in [0.2, 0.25) is 5.91 Å². The number of carbonyl (C=O) groups is 2. The maximum Gasteiger partial charge on any atom is 0.265 e. The van der Waals surface area contributed by atoms with E-state index in [1.54, 1.807) is 29.5 Å². The van der Waals surface area contributed by atoms with Crippen LogP contribution < -0.4 is 15.0 Å². The van der Waals surface area contributed by atoms with Gasteiger partial charge in [-0.25, -0.2) is 4.98 Å². The Labute approximate surface area is 189 Å². The van der Waals surface area contributed by atoms with Gasteiger partial charge in [-0.1, -0.05) is 24.6 Å². The number of nitrogens with one attached hydrogen (secondary N) is 1. The van der Waals surface area contributed by atoms with Crippen molar-refractivity contribution in [1.29, 1.82) is 0 Å². The summed E-state index contributed by atoms with van der Waals surface area (Å²) in [5.41, 5.74) is 3.70. The average Bonchev–Trinajstić information content (AvgIpc) is 3.22. The molecule has 0 fully saturated rings. The number of nitrogens with zero attached hydrogens (tertiary/aromatic N) is 2. The molecule has 6 nitrogen and oxygen atoms in total. The highest BCUT2D eigenvalue weighted by molar-refractivity contribution is 7.09. The zero-order chi connectivity index (χ0) is 22.0. The van der Waals surface area contributed by atoms with Gasteiger partial charge in [0.1, 0.15) is 12.3 Å². The number of anilines is 2. The Balaban J connectivity index is 1.58. The van der Waals surface area contributed by atoms with Gasteiger partial charge in [-0.3, -0.25) is 14.5 Å². The third-order valence-corrected chi connectivity index (χ3v) is 6.37. The first kappa shape index (κ1) is 21.3. The fourth-order valence-electron chi connectivity index (χ4n) is 3.38. The van der Waals surface area contributed by atoms with E-state index in [0.717, 1.165) is 34.7 Å². The summed E-state index contributed by atoms with van der Waals surface area (Å²) in [5, 5.41) is 6.51. The topological polar surface area (TPSA) is 71.5 Å². The number of aromatic nitrogens is 1. The highest BCUT2D eigenvalue weighted by Crippen LogP contribution is 2.36. The molecule has 8 heteroatoms. The van der Waals surface area contributed by atoms with Crippen LogP contribution in [-0.2, 0) is 16.0 Å². The predicted molar refractivity (Wildman–Crippen MR) is 124 cm³/mol. The summed E-state index contributed by atoms with van der Waals surface area (Å²) < 4.78 is 5.58. The number of aryl methyl sites for hydroxylation is 1. The van der Waals surface area contributed by atoms with Crippen molar-refractivity contribution in [3.8, 4) is 17.0 Å². The molecule has 2 amide bonds. The summed E-state index contributed by atoms with van der Waals surface area (Å²) in [4.78, 5) is 31.5. The van der Waals surface area contributed by atoms with Crippen molar-refractivity contribution in [1.82, 2.24) is 4.98 Å². The second kappa shape index (κ2) is 9.08. The largest absolute Gasteiger partial charge is 0.482 e. The Morgan fingerprint density at radius 1 is 1.32 bits per heavy atom. The zero-order valence-electron chi connectivity index (χ0n) is 17.3. The molecule has 1 N–H and O–H groups in total. The number of thiazole rings is 1. The van der Waals surface area contributed by atoms with Gasteiger partial charge in [-0.15, -0.1) is 11.3 Å². The number of carbonyl (C=O) groups excluding carboxylic acids is 2. The second-order valence-corrected chi connectivity index (χ2v) is 8.64. The van der Waals surface area contributed by atoms with Gasteiger partial charge in [-0.05, 0) is 55.7 Å². The van der Waals surface area contributed by atoms with Gasteiger partial charge >= 0.3 is 0 Å². The summed E-state index contributed by atoms with van der Waals surface area (Å²) in [6.07, 6.45) is 1.97. The molecule has 3 aromatic rings. The van der Waals surface area contributed by atoms with Crippen molar-refractivity contribution in [2.45, 2.75) is 26.7 Å². The van der Waals surface area contributed by atoms with Crippen LogP contribution in [0.1, 0.15) is 23.9 Å². The van der Waals surface area contributed by atoms with Gasteiger partial charge in [0.05, 0.1) is 16.4 Å². The highest BCUT2D eigenvalue weighted by atomic mass is 35.5. The van der Waals surface area contributed by atoms with Crippen LogP contribution in [-0.4, -0.2) is 29.9 Å². The Hall–Kier alpha value is -2.90. The van der Waals surface area contributed by atoms with Crippen LogP contribution in [0.2, 0.25) is 5.02 Å². The molecule has 0 spiro atoms. The van der Waals surface area contributed by atoms with Crippen molar-refractivity contribution in [2.24, 2.45) is 0 Å². The third-order valence-electron chi connectivity index (χ3n) is 5.06. The molecular formula is C23H22ClN3O3S. The minimum Gasteiger partial charge on any atom is -0.482 e. The first-order chi connectivity index (χ1) is 15.0. The Kier molecular flexibility index (Phi) is 6.25. The third kappa shape index (κ3) is 4.57. The Morgan fingerprint density at radius 2 is 2.16 bits per heavy atom. The van der Waals surface area contributed by atoms with E-state index in [1.807, 2.05) is 30.5 Å². The molecule has 0 radical (unpaired) electrons. The van der Waals surface area contributed by atoms with E-state index in [-0.39, 0.29) is 25.0 Å². The van der Waals surface area contributed by atoms with Crippen molar-refractivity contribution >= 4 is 46.1 Å². The number of hydrogen-bond acceptors (Lipinski definition) is 5. The minimum absolute atomic E-state index is 0.104. The molecule has 2 aromatic carbocycles. The maximum atomic E-state index is 12.7. The zero-order valence-corrected chi connectivity index (χ0v) is 18.8. The molecule has 4 rings (SSSR count). The van der Waals surface area contributed by atoms with E-state index in [9.17, 15) is 9.59 Å². The van der Waals surface area contributed by atoms with E-state index < -0.39 is 0 Å². The standard InChI is InChI=1S/C23H22ClN3O3S/c1-3-5-22-26-18(13-31-22)15-8-9-20-19(10-15)27(23(29)12-30-20)11-21(28)25-17-7-4-6-16(24)14(17)2/h4,6-10,13H,3,5,11-12H2,1-2H3,(H,25,28). The molecule has 0 saturated heterocycles. The SMILES string of the molecule is CCCc1nc(-c2ccc3c(c2)N(CC(=O)Nc2cccc(Cl)c2C)C(=O)CO3)cs1. The van der Waals surface area contributed by atoms with Crippen LogP contribution >= 0.6 is 22.9 Å². The Bertz CT molecular complexity index is 1140. The average molecular weight is 456 g/mol. The van der Waals surface area contributed by atoms with Crippen molar-refractivity contribution in [2.75, 3.05) is 23.4 Å². The quantitative estimate of drug-likeness (QED) is 0.562.